The molecular formula is C17H28N4. The second-order valence-corrected chi connectivity index (χ2v) is 6.80. The summed E-state index contributed by atoms with van der Waals surface area (Å²) in [6.45, 7) is 2.30. The molecule has 116 valence electrons. The van der Waals surface area contributed by atoms with Gasteiger partial charge in [0.05, 0.1) is 0 Å². The number of anilines is 1. The van der Waals surface area contributed by atoms with Gasteiger partial charge in [0.15, 0.2) is 0 Å². The van der Waals surface area contributed by atoms with Crippen LogP contribution in [0.5, 0.6) is 0 Å². The minimum absolute atomic E-state index is 0.525. The minimum Gasteiger partial charge on any atom is -0.308 e. The number of nitrogens with one attached hydrogen (secondary N) is 1. The molecule has 0 radical (unpaired) electrons. The zero-order valence-corrected chi connectivity index (χ0v) is 13.1. The Morgan fingerprint density at radius 1 is 1.10 bits per heavy atom. The summed E-state index contributed by atoms with van der Waals surface area (Å²) in [5, 5.41) is 0. The Kier molecular flexibility index (Phi) is 4.73. The van der Waals surface area contributed by atoms with Gasteiger partial charge in [-0.25, -0.2) is 15.8 Å². The van der Waals surface area contributed by atoms with Gasteiger partial charge in [0.2, 0.25) is 0 Å². The Hall–Kier alpha value is -1.16. The van der Waals surface area contributed by atoms with Crippen molar-refractivity contribution in [3.63, 3.8) is 0 Å². The zero-order chi connectivity index (χ0) is 14.7. The first-order valence-electron chi connectivity index (χ1n) is 8.65. The van der Waals surface area contributed by atoms with Gasteiger partial charge in [0.25, 0.3) is 0 Å². The van der Waals surface area contributed by atoms with Gasteiger partial charge < -0.3 is 5.43 Å². The number of hydrogen-bond acceptors (Lipinski definition) is 4. The molecule has 1 aromatic rings. The zero-order valence-electron chi connectivity index (χ0n) is 13.1. The Balaban J connectivity index is 1.84. The summed E-state index contributed by atoms with van der Waals surface area (Å²) in [5.41, 5.74) is 3.96. The number of nitrogens with two attached hydrogens (primary N) is 1. The van der Waals surface area contributed by atoms with Crippen LogP contribution in [0.1, 0.15) is 88.1 Å². The van der Waals surface area contributed by atoms with E-state index in [2.05, 4.69) is 23.4 Å². The number of nitrogen functional groups attached to an aromatic ring is 1. The van der Waals surface area contributed by atoms with Gasteiger partial charge in [0.1, 0.15) is 11.6 Å². The molecule has 0 saturated heterocycles. The summed E-state index contributed by atoms with van der Waals surface area (Å²) in [7, 11) is 0. The highest BCUT2D eigenvalue weighted by Gasteiger charge is 2.26. The van der Waals surface area contributed by atoms with Crippen LogP contribution in [0, 0.1) is 5.92 Å². The van der Waals surface area contributed by atoms with Crippen LogP contribution < -0.4 is 11.3 Å². The maximum atomic E-state index is 5.63. The Morgan fingerprint density at radius 3 is 2.57 bits per heavy atom. The average Bonchev–Trinajstić information content (AvgIpc) is 3.09. The molecular weight excluding hydrogens is 260 g/mol. The maximum absolute atomic E-state index is 5.63. The molecule has 3 N–H and O–H groups in total. The SMILES string of the molecule is CCC1CCCC(c2nc(NN)cc(C3CCCC3)n2)C1. The summed E-state index contributed by atoms with van der Waals surface area (Å²) in [5.74, 6) is 9.44. The molecule has 2 aliphatic carbocycles. The molecule has 21 heavy (non-hydrogen) atoms. The smallest absolute Gasteiger partial charge is 0.143 e. The summed E-state index contributed by atoms with van der Waals surface area (Å²) < 4.78 is 0. The Labute approximate surface area is 127 Å². The van der Waals surface area contributed by atoms with Crippen LogP contribution in [0.25, 0.3) is 0 Å². The van der Waals surface area contributed by atoms with Crippen molar-refractivity contribution in [3.05, 3.63) is 17.6 Å². The van der Waals surface area contributed by atoms with Crippen molar-refractivity contribution in [2.75, 3.05) is 5.43 Å². The molecule has 1 aromatic heterocycles. The van der Waals surface area contributed by atoms with Gasteiger partial charge >= 0.3 is 0 Å². The highest BCUT2D eigenvalue weighted by atomic mass is 15.3. The van der Waals surface area contributed by atoms with Crippen LogP contribution in [0.4, 0.5) is 5.82 Å². The van der Waals surface area contributed by atoms with Gasteiger partial charge in [-0.1, -0.05) is 39.0 Å². The van der Waals surface area contributed by atoms with Gasteiger partial charge in [-0.05, 0) is 31.6 Å². The van der Waals surface area contributed by atoms with Crippen LogP contribution in [-0.4, -0.2) is 9.97 Å². The van der Waals surface area contributed by atoms with Crippen molar-refractivity contribution in [1.29, 1.82) is 0 Å². The van der Waals surface area contributed by atoms with E-state index in [1.54, 1.807) is 0 Å². The fourth-order valence-electron chi connectivity index (χ4n) is 4.07. The predicted octanol–water partition coefficient (Wildman–Crippen LogP) is 4.10. The molecule has 0 amide bonds. The lowest BCUT2D eigenvalue weighted by molar-refractivity contribution is 0.306. The van der Waals surface area contributed by atoms with Crippen molar-refractivity contribution >= 4 is 5.82 Å². The molecule has 0 spiro atoms. The lowest BCUT2D eigenvalue weighted by Crippen LogP contribution is -2.19. The number of aromatic nitrogens is 2. The van der Waals surface area contributed by atoms with Crippen LogP contribution in [-0.2, 0) is 0 Å². The normalized spacial score (nSPS) is 27.0. The lowest BCUT2D eigenvalue weighted by atomic mass is 9.80. The third kappa shape index (κ3) is 3.37. The highest BCUT2D eigenvalue weighted by Crippen LogP contribution is 2.38. The summed E-state index contributed by atoms with van der Waals surface area (Å²) >= 11 is 0. The van der Waals surface area contributed by atoms with Crippen LogP contribution >= 0.6 is 0 Å². The number of hydrazine groups is 1. The molecule has 4 heteroatoms. The van der Waals surface area contributed by atoms with Crippen LogP contribution in [0.15, 0.2) is 6.07 Å². The third-order valence-corrected chi connectivity index (χ3v) is 5.41. The van der Waals surface area contributed by atoms with Gasteiger partial charge in [-0.3, -0.25) is 0 Å². The topological polar surface area (TPSA) is 63.8 Å². The standard InChI is InChI=1S/C17H28N4/c1-2-12-6-5-9-14(10-12)17-19-15(11-16(20-17)21-18)13-7-3-4-8-13/h11-14H,2-10,18H2,1H3,(H,19,20,21). The first kappa shape index (κ1) is 14.8. The van der Waals surface area contributed by atoms with Gasteiger partial charge in [0, 0.05) is 23.6 Å². The van der Waals surface area contributed by atoms with Gasteiger partial charge in [-0.15, -0.1) is 0 Å². The highest BCUT2D eigenvalue weighted by molar-refractivity contribution is 5.36. The van der Waals surface area contributed by atoms with Crippen LogP contribution in [0.2, 0.25) is 0 Å². The van der Waals surface area contributed by atoms with Crippen molar-refractivity contribution < 1.29 is 0 Å². The number of nitrogens with zero attached hydrogens (tertiary/aromatic N) is 2. The second-order valence-electron chi connectivity index (χ2n) is 6.80. The molecule has 4 nitrogen and oxygen atoms in total. The predicted molar refractivity (Wildman–Crippen MR) is 86.0 cm³/mol. The lowest BCUT2D eigenvalue weighted by Gasteiger charge is -2.28. The van der Waals surface area contributed by atoms with Crippen LogP contribution in [0.3, 0.4) is 0 Å². The molecule has 2 saturated carbocycles. The van der Waals surface area contributed by atoms with Crippen molar-refractivity contribution in [1.82, 2.24) is 9.97 Å². The maximum Gasteiger partial charge on any atom is 0.143 e. The average molecular weight is 288 g/mol. The van der Waals surface area contributed by atoms with E-state index in [9.17, 15) is 0 Å². The second kappa shape index (κ2) is 6.73. The molecule has 2 atom stereocenters. The van der Waals surface area contributed by atoms with E-state index in [0.29, 0.717) is 11.8 Å². The Morgan fingerprint density at radius 2 is 1.86 bits per heavy atom. The third-order valence-electron chi connectivity index (χ3n) is 5.41. The monoisotopic (exact) mass is 288 g/mol. The van der Waals surface area contributed by atoms with E-state index < -0.39 is 0 Å². The van der Waals surface area contributed by atoms with Gasteiger partial charge in [-0.2, -0.15) is 0 Å². The van der Waals surface area contributed by atoms with Crippen molar-refractivity contribution in [2.45, 2.75) is 76.5 Å². The fourth-order valence-corrected chi connectivity index (χ4v) is 4.07. The summed E-state index contributed by atoms with van der Waals surface area (Å²) in [4.78, 5) is 9.62. The molecule has 3 rings (SSSR count). The van der Waals surface area contributed by atoms with E-state index in [4.69, 9.17) is 10.8 Å². The van der Waals surface area contributed by atoms with E-state index in [-0.39, 0.29) is 0 Å². The number of hydrogen-bond donors (Lipinski definition) is 2. The molecule has 2 fully saturated rings. The van der Waals surface area contributed by atoms with Crippen molar-refractivity contribution in [2.24, 2.45) is 11.8 Å². The summed E-state index contributed by atoms with van der Waals surface area (Å²) in [6.07, 6.45) is 11.6. The quantitative estimate of drug-likeness (QED) is 0.646. The fraction of sp³-hybridized carbons (Fsp3) is 0.765. The number of rotatable bonds is 4. The first-order chi connectivity index (χ1) is 10.3. The molecule has 0 aliphatic heterocycles. The molecule has 0 bridgehead atoms. The Bertz CT molecular complexity index is 468. The van der Waals surface area contributed by atoms with E-state index >= 15 is 0 Å². The first-order valence-corrected chi connectivity index (χ1v) is 8.65. The van der Waals surface area contributed by atoms with E-state index in [0.717, 1.165) is 17.6 Å². The molecule has 2 aliphatic rings. The molecule has 2 unspecified atom stereocenters. The molecule has 1 heterocycles. The molecule has 0 aromatic carbocycles. The summed E-state index contributed by atoms with van der Waals surface area (Å²) in [6, 6.07) is 2.06. The van der Waals surface area contributed by atoms with Crippen molar-refractivity contribution in [3.8, 4) is 0 Å². The largest absolute Gasteiger partial charge is 0.308 e. The minimum atomic E-state index is 0.525. The van der Waals surface area contributed by atoms with E-state index in [1.165, 1.54) is 63.5 Å². The van der Waals surface area contributed by atoms with E-state index in [1.807, 2.05) is 0 Å².